The molecule has 1 unspecified atom stereocenters. The van der Waals surface area contributed by atoms with E-state index in [0.29, 0.717) is 17.8 Å². The SMILES string of the molecule is CC(C)c1ccc(C(N)C2CCCC2)c(C(C)C)c1. The molecule has 106 valence electrons. The Labute approximate surface area is 118 Å². The van der Waals surface area contributed by atoms with Gasteiger partial charge in [-0.3, -0.25) is 0 Å². The van der Waals surface area contributed by atoms with Gasteiger partial charge in [-0.2, -0.15) is 0 Å². The first-order chi connectivity index (χ1) is 9.00. The zero-order chi connectivity index (χ0) is 14.0. The van der Waals surface area contributed by atoms with Crippen molar-refractivity contribution < 1.29 is 0 Å². The van der Waals surface area contributed by atoms with Gasteiger partial charge in [0.2, 0.25) is 0 Å². The zero-order valence-electron chi connectivity index (χ0n) is 12.9. The van der Waals surface area contributed by atoms with E-state index in [-0.39, 0.29) is 6.04 Å². The van der Waals surface area contributed by atoms with Crippen LogP contribution in [0.3, 0.4) is 0 Å². The summed E-state index contributed by atoms with van der Waals surface area (Å²) in [5.41, 5.74) is 10.9. The summed E-state index contributed by atoms with van der Waals surface area (Å²) in [5.74, 6) is 1.85. The van der Waals surface area contributed by atoms with Gasteiger partial charge in [-0.15, -0.1) is 0 Å². The van der Waals surface area contributed by atoms with Gasteiger partial charge in [-0.25, -0.2) is 0 Å². The van der Waals surface area contributed by atoms with Crippen molar-refractivity contribution in [3.63, 3.8) is 0 Å². The highest BCUT2D eigenvalue weighted by Crippen LogP contribution is 2.37. The molecule has 0 heterocycles. The predicted octanol–water partition coefficient (Wildman–Crippen LogP) is 5.12. The molecule has 0 amide bonds. The zero-order valence-corrected chi connectivity index (χ0v) is 12.9. The molecular formula is C18H29N. The number of benzene rings is 1. The molecular weight excluding hydrogens is 230 g/mol. The van der Waals surface area contributed by atoms with E-state index in [1.165, 1.54) is 42.4 Å². The van der Waals surface area contributed by atoms with E-state index in [1.807, 2.05) is 0 Å². The fraction of sp³-hybridized carbons (Fsp3) is 0.667. The second kappa shape index (κ2) is 6.09. The van der Waals surface area contributed by atoms with E-state index in [0.717, 1.165) is 0 Å². The monoisotopic (exact) mass is 259 g/mol. The van der Waals surface area contributed by atoms with Crippen molar-refractivity contribution in [3.8, 4) is 0 Å². The Morgan fingerprint density at radius 3 is 2.11 bits per heavy atom. The lowest BCUT2D eigenvalue weighted by Crippen LogP contribution is -2.21. The molecule has 2 rings (SSSR count). The molecule has 1 atom stereocenters. The standard InChI is InChI=1S/C18H29N/c1-12(2)15-9-10-16(17(11-15)13(3)4)18(19)14-7-5-6-8-14/h9-14,18H,5-8,19H2,1-4H3. The molecule has 1 aliphatic carbocycles. The summed E-state index contributed by atoms with van der Waals surface area (Å²) in [4.78, 5) is 0. The van der Waals surface area contributed by atoms with Gasteiger partial charge in [0.05, 0.1) is 0 Å². The molecule has 0 aliphatic heterocycles. The number of nitrogens with two attached hydrogens (primary N) is 1. The molecule has 0 bridgehead atoms. The Morgan fingerprint density at radius 2 is 1.58 bits per heavy atom. The molecule has 1 saturated carbocycles. The minimum atomic E-state index is 0.237. The minimum Gasteiger partial charge on any atom is -0.324 e. The van der Waals surface area contributed by atoms with Crippen LogP contribution in [0.25, 0.3) is 0 Å². The maximum atomic E-state index is 6.57. The third-order valence-corrected chi connectivity index (χ3v) is 4.67. The molecule has 0 saturated heterocycles. The minimum absolute atomic E-state index is 0.237. The van der Waals surface area contributed by atoms with Crippen molar-refractivity contribution in [2.45, 2.75) is 71.3 Å². The fourth-order valence-corrected chi connectivity index (χ4v) is 3.33. The van der Waals surface area contributed by atoms with Crippen LogP contribution in [0.15, 0.2) is 18.2 Å². The molecule has 1 aromatic rings. The van der Waals surface area contributed by atoms with Gasteiger partial charge in [0.1, 0.15) is 0 Å². The van der Waals surface area contributed by atoms with Gasteiger partial charge in [0, 0.05) is 6.04 Å². The number of hydrogen-bond acceptors (Lipinski definition) is 1. The first-order valence-corrected chi connectivity index (χ1v) is 7.90. The molecule has 1 nitrogen and oxygen atoms in total. The van der Waals surface area contributed by atoms with Crippen LogP contribution in [0.5, 0.6) is 0 Å². The summed E-state index contributed by atoms with van der Waals surface area (Å²) in [7, 11) is 0. The quantitative estimate of drug-likeness (QED) is 0.797. The summed E-state index contributed by atoms with van der Waals surface area (Å²) >= 11 is 0. The van der Waals surface area contributed by atoms with Crippen molar-refractivity contribution in [1.82, 2.24) is 0 Å². The van der Waals surface area contributed by atoms with Crippen LogP contribution >= 0.6 is 0 Å². The van der Waals surface area contributed by atoms with E-state index in [4.69, 9.17) is 5.73 Å². The van der Waals surface area contributed by atoms with Crippen molar-refractivity contribution in [2.75, 3.05) is 0 Å². The smallest absolute Gasteiger partial charge is 0.0326 e. The third kappa shape index (κ3) is 3.20. The van der Waals surface area contributed by atoms with Crippen LogP contribution in [0, 0.1) is 5.92 Å². The van der Waals surface area contributed by atoms with Crippen LogP contribution in [0.2, 0.25) is 0 Å². The normalized spacial score (nSPS) is 18.5. The molecule has 1 fully saturated rings. The first kappa shape index (κ1) is 14.6. The van der Waals surface area contributed by atoms with Gasteiger partial charge in [-0.05, 0) is 47.3 Å². The van der Waals surface area contributed by atoms with Gasteiger partial charge >= 0.3 is 0 Å². The van der Waals surface area contributed by atoms with Crippen LogP contribution in [0.4, 0.5) is 0 Å². The van der Waals surface area contributed by atoms with E-state index in [9.17, 15) is 0 Å². The highest BCUT2D eigenvalue weighted by atomic mass is 14.7. The summed E-state index contributed by atoms with van der Waals surface area (Å²) < 4.78 is 0. The van der Waals surface area contributed by atoms with Gasteiger partial charge in [0.25, 0.3) is 0 Å². The third-order valence-electron chi connectivity index (χ3n) is 4.67. The Bertz CT molecular complexity index is 414. The maximum absolute atomic E-state index is 6.57. The van der Waals surface area contributed by atoms with Gasteiger partial charge in [0.15, 0.2) is 0 Å². The van der Waals surface area contributed by atoms with Crippen molar-refractivity contribution in [2.24, 2.45) is 11.7 Å². The summed E-state index contributed by atoms with van der Waals surface area (Å²) in [5, 5.41) is 0. The Kier molecular flexibility index (Phi) is 4.67. The first-order valence-electron chi connectivity index (χ1n) is 7.90. The second-order valence-electron chi connectivity index (χ2n) is 6.77. The van der Waals surface area contributed by atoms with E-state index in [1.54, 1.807) is 0 Å². The van der Waals surface area contributed by atoms with Crippen molar-refractivity contribution >= 4 is 0 Å². The molecule has 1 aromatic carbocycles. The average molecular weight is 259 g/mol. The van der Waals surface area contributed by atoms with Gasteiger partial charge in [-0.1, -0.05) is 58.7 Å². The van der Waals surface area contributed by atoms with E-state index < -0.39 is 0 Å². The largest absolute Gasteiger partial charge is 0.324 e. The topological polar surface area (TPSA) is 26.0 Å². The Morgan fingerprint density at radius 1 is 0.947 bits per heavy atom. The summed E-state index contributed by atoms with van der Waals surface area (Å²) in [6, 6.07) is 7.20. The number of hydrogen-bond donors (Lipinski definition) is 1. The predicted molar refractivity (Wildman–Crippen MR) is 83.5 cm³/mol. The summed E-state index contributed by atoms with van der Waals surface area (Å²) in [6.45, 7) is 9.08. The van der Waals surface area contributed by atoms with Crippen LogP contribution < -0.4 is 5.73 Å². The van der Waals surface area contributed by atoms with Crippen LogP contribution in [-0.4, -0.2) is 0 Å². The highest BCUT2D eigenvalue weighted by Gasteiger charge is 2.25. The Hall–Kier alpha value is -0.820. The van der Waals surface area contributed by atoms with E-state index >= 15 is 0 Å². The number of rotatable bonds is 4. The maximum Gasteiger partial charge on any atom is 0.0326 e. The fourth-order valence-electron chi connectivity index (χ4n) is 3.33. The lowest BCUT2D eigenvalue weighted by atomic mass is 9.84. The highest BCUT2D eigenvalue weighted by molar-refractivity contribution is 5.37. The average Bonchev–Trinajstić information content (AvgIpc) is 2.90. The van der Waals surface area contributed by atoms with Crippen molar-refractivity contribution in [1.29, 1.82) is 0 Å². The lowest BCUT2D eigenvalue weighted by Gasteiger charge is -2.25. The molecule has 0 spiro atoms. The molecule has 0 radical (unpaired) electrons. The van der Waals surface area contributed by atoms with Crippen LogP contribution in [-0.2, 0) is 0 Å². The van der Waals surface area contributed by atoms with Crippen molar-refractivity contribution in [3.05, 3.63) is 34.9 Å². The molecule has 19 heavy (non-hydrogen) atoms. The Balaban J connectivity index is 2.32. The van der Waals surface area contributed by atoms with Crippen LogP contribution in [0.1, 0.15) is 87.9 Å². The molecule has 1 heteroatoms. The lowest BCUT2D eigenvalue weighted by molar-refractivity contribution is 0.441. The molecule has 2 N–H and O–H groups in total. The molecule has 0 aromatic heterocycles. The summed E-state index contributed by atoms with van der Waals surface area (Å²) in [6.07, 6.45) is 5.34. The second-order valence-corrected chi connectivity index (χ2v) is 6.77. The van der Waals surface area contributed by atoms with E-state index in [2.05, 4.69) is 45.9 Å². The molecule has 1 aliphatic rings. The van der Waals surface area contributed by atoms with Gasteiger partial charge < -0.3 is 5.73 Å².